The minimum Gasteiger partial charge on any atom is -0.493 e. The van der Waals surface area contributed by atoms with Crippen LogP contribution in [0.1, 0.15) is 64.3 Å². The zero-order valence-corrected chi connectivity index (χ0v) is 17.2. The molecule has 2 aromatic rings. The van der Waals surface area contributed by atoms with Crippen LogP contribution in [0.15, 0.2) is 53.8 Å². The molecule has 6 heteroatoms. The van der Waals surface area contributed by atoms with Crippen LogP contribution in [-0.2, 0) is 9.53 Å². The number of hydrogen-bond acceptors (Lipinski definition) is 6. The van der Waals surface area contributed by atoms with Crippen LogP contribution in [-0.4, -0.2) is 30.7 Å². The Kier molecular flexibility index (Phi) is 4.85. The predicted octanol–water partition coefficient (Wildman–Crippen LogP) is 4.38. The number of carbonyl (C=O) groups excluding carboxylic acids is 3. The lowest BCUT2D eigenvalue weighted by molar-refractivity contribution is -0.140. The second kappa shape index (κ2) is 7.69. The van der Waals surface area contributed by atoms with Gasteiger partial charge in [0.15, 0.2) is 23.0 Å². The van der Waals surface area contributed by atoms with E-state index in [0.29, 0.717) is 17.1 Å². The molecule has 0 N–H and O–H groups in total. The van der Waals surface area contributed by atoms with Gasteiger partial charge in [0, 0.05) is 17.0 Å². The van der Waals surface area contributed by atoms with Crippen molar-refractivity contribution >= 4 is 17.5 Å². The minimum absolute atomic E-state index is 0.0186. The van der Waals surface area contributed by atoms with Gasteiger partial charge in [-0.3, -0.25) is 14.4 Å². The molecule has 3 aliphatic rings. The molecule has 1 heterocycles. The summed E-state index contributed by atoms with van der Waals surface area (Å²) < 4.78 is 16.9. The van der Waals surface area contributed by atoms with E-state index in [1.54, 1.807) is 37.4 Å². The molecule has 5 rings (SSSR count). The third-order valence-corrected chi connectivity index (χ3v) is 6.23. The molecule has 1 fully saturated rings. The summed E-state index contributed by atoms with van der Waals surface area (Å²) in [5.41, 5.74) is 1.56. The van der Waals surface area contributed by atoms with Crippen molar-refractivity contribution in [2.24, 2.45) is 0 Å². The number of carbonyl (C=O) groups is 3. The van der Waals surface area contributed by atoms with Gasteiger partial charge in [0.1, 0.15) is 0 Å². The fourth-order valence-electron chi connectivity index (χ4n) is 4.69. The molecule has 2 aromatic carbocycles. The van der Waals surface area contributed by atoms with Crippen molar-refractivity contribution in [3.05, 3.63) is 70.5 Å². The van der Waals surface area contributed by atoms with Gasteiger partial charge in [0.2, 0.25) is 5.78 Å². The molecular formula is C25H22O6. The van der Waals surface area contributed by atoms with Gasteiger partial charge in [-0.2, -0.15) is 0 Å². The lowest BCUT2D eigenvalue weighted by Gasteiger charge is -2.30. The number of allylic oxidation sites excluding steroid dienone is 2. The number of ether oxygens (including phenoxy) is 3. The van der Waals surface area contributed by atoms with Gasteiger partial charge >= 0.3 is 5.97 Å². The van der Waals surface area contributed by atoms with Crippen LogP contribution in [0, 0.1) is 0 Å². The molecule has 1 atom stereocenters. The van der Waals surface area contributed by atoms with Crippen LogP contribution in [0.5, 0.6) is 11.5 Å². The number of benzene rings is 2. The Hall–Kier alpha value is -3.41. The van der Waals surface area contributed by atoms with Crippen LogP contribution >= 0.6 is 0 Å². The summed E-state index contributed by atoms with van der Waals surface area (Å²) in [6, 6.07) is 12.0. The van der Waals surface area contributed by atoms with Crippen LogP contribution in [0.25, 0.3) is 0 Å². The third-order valence-electron chi connectivity index (χ3n) is 6.23. The molecule has 1 unspecified atom stereocenters. The van der Waals surface area contributed by atoms with Crippen molar-refractivity contribution in [2.75, 3.05) is 7.11 Å². The lowest BCUT2D eigenvalue weighted by Crippen LogP contribution is -2.32. The topological polar surface area (TPSA) is 78.9 Å². The first-order valence-electron chi connectivity index (χ1n) is 10.5. The quantitative estimate of drug-likeness (QED) is 0.686. The minimum atomic E-state index is -0.585. The number of ketones is 2. The van der Waals surface area contributed by atoms with Gasteiger partial charge in [-0.1, -0.05) is 30.3 Å². The monoisotopic (exact) mass is 418 g/mol. The number of fused-ring (bicyclic) bond motifs is 1. The largest absolute Gasteiger partial charge is 0.493 e. The number of hydrogen-bond donors (Lipinski definition) is 0. The average Bonchev–Trinajstić information content (AvgIpc) is 3.30. The molecule has 1 saturated carbocycles. The molecule has 0 radical (unpaired) electrons. The Morgan fingerprint density at radius 3 is 2.32 bits per heavy atom. The van der Waals surface area contributed by atoms with Crippen molar-refractivity contribution in [1.82, 2.24) is 0 Å². The summed E-state index contributed by atoms with van der Waals surface area (Å²) in [5.74, 6) is -0.797. The Bertz CT molecular complexity index is 1120. The fourth-order valence-corrected chi connectivity index (χ4v) is 4.69. The maximum Gasteiger partial charge on any atom is 0.312 e. The second-order valence-electron chi connectivity index (χ2n) is 8.11. The SMILES string of the molecule is COc1ccc(C2CC(=O)OC3=C2C(=O)c2ccccc2C3=O)cc1OC1CCCC1. The van der Waals surface area contributed by atoms with Gasteiger partial charge in [-0.05, 0) is 43.4 Å². The zero-order chi connectivity index (χ0) is 21.5. The Morgan fingerprint density at radius 1 is 0.903 bits per heavy atom. The molecule has 6 nitrogen and oxygen atoms in total. The summed E-state index contributed by atoms with van der Waals surface area (Å²) in [7, 11) is 1.58. The first-order chi connectivity index (χ1) is 15.1. The normalized spacial score (nSPS) is 20.9. The summed E-state index contributed by atoms with van der Waals surface area (Å²) >= 11 is 0. The summed E-state index contributed by atoms with van der Waals surface area (Å²) in [6.07, 6.45) is 4.35. The van der Waals surface area contributed by atoms with Crippen LogP contribution < -0.4 is 9.47 Å². The van der Waals surface area contributed by atoms with Gasteiger partial charge in [-0.25, -0.2) is 0 Å². The van der Waals surface area contributed by atoms with Gasteiger partial charge in [-0.15, -0.1) is 0 Å². The zero-order valence-electron chi connectivity index (χ0n) is 17.2. The van der Waals surface area contributed by atoms with Gasteiger partial charge < -0.3 is 14.2 Å². The van der Waals surface area contributed by atoms with Crippen molar-refractivity contribution in [1.29, 1.82) is 0 Å². The number of esters is 1. The van der Waals surface area contributed by atoms with E-state index in [9.17, 15) is 14.4 Å². The summed E-state index contributed by atoms with van der Waals surface area (Å²) in [4.78, 5) is 38.7. The van der Waals surface area contributed by atoms with Crippen molar-refractivity contribution in [3.63, 3.8) is 0 Å². The maximum absolute atomic E-state index is 13.3. The van der Waals surface area contributed by atoms with Crippen LogP contribution in [0.3, 0.4) is 0 Å². The molecule has 0 saturated heterocycles. The van der Waals surface area contributed by atoms with Crippen LogP contribution in [0.2, 0.25) is 0 Å². The van der Waals surface area contributed by atoms with Crippen LogP contribution in [0.4, 0.5) is 0 Å². The smallest absolute Gasteiger partial charge is 0.312 e. The average molecular weight is 418 g/mol. The van der Waals surface area contributed by atoms with E-state index in [4.69, 9.17) is 14.2 Å². The number of rotatable bonds is 4. The predicted molar refractivity (Wildman–Crippen MR) is 111 cm³/mol. The Morgan fingerprint density at radius 2 is 1.61 bits per heavy atom. The summed E-state index contributed by atoms with van der Waals surface area (Å²) in [5, 5.41) is 0. The highest BCUT2D eigenvalue weighted by Crippen LogP contribution is 2.43. The highest BCUT2D eigenvalue weighted by Gasteiger charge is 2.43. The van der Waals surface area contributed by atoms with E-state index in [-0.39, 0.29) is 35.2 Å². The Balaban J connectivity index is 1.58. The van der Waals surface area contributed by atoms with Crippen molar-refractivity contribution < 1.29 is 28.6 Å². The van der Waals surface area contributed by atoms with Crippen molar-refractivity contribution in [3.8, 4) is 11.5 Å². The lowest BCUT2D eigenvalue weighted by atomic mass is 9.77. The fraction of sp³-hybridized carbons (Fsp3) is 0.320. The molecule has 0 bridgehead atoms. The molecule has 1 aliphatic heterocycles. The van der Waals surface area contributed by atoms with Gasteiger partial charge in [0.25, 0.3) is 0 Å². The first-order valence-corrected chi connectivity index (χ1v) is 10.5. The molecule has 0 aromatic heterocycles. The van der Waals surface area contributed by atoms with Crippen molar-refractivity contribution in [2.45, 2.75) is 44.1 Å². The van der Waals surface area contributed by atoms with E-state index in [1.165, 1.54) is 0 Å². The molecular weight excluding hydrogens is 396 g/mol. The molecule has 31 heavy (non-hydrogen) atoms. The molecule has 0 amide bonds. The van der Waals surface area contributed by atoms with E-state index >= 15 is 0 Å². The first kappa shape index (κ1) is 19.5. The second-order valence-corrected chi connectivity index (χ2v) is 8.11. The number of methoxy groups -OCH3 is 1. The highest BCUT2D eigenvalue weighted by molar-refractivity contribution is 6.27. The maximum atomic E-state index is 13.3. The Labute approximate surface area is 179 Å². The van der Waals surface area contributed by atoms with E-state index in [1.807, 2.05) is 12.1 Å². The third kappa shape index (κ3) is 3.32. The summed E-state index contributed by atoms with van der Waals surface area (Å²) in [6.45, 7) is 0. The molecule has 0 spiro atoms. The van der Waals surface area contributed by atoms with E-state index in [0.717, 1.165) is 31.2 Å². The molecule has 158 valence electrons. The highest BCUT2D eigenvalue weighted by atomic mass is 16.5. The number of Topliss-reactive ketones (excluding diaryl/α,β-unsaturated/α-hetero) is 2. The van der Waals surface area contributed by atoms with E-state index in [2.05, 4.69) is 0 Å². The molecule has 2 aliphatic carbocycles. The van der Waals surface area contributed by atoms with E-state index < -0.39 is 17.7 Å². The van der Waals surface area contributed by atoms with Gasteiger partial charge in [0.05, 0.1) is 25.2 Å². The standard InChI is InChI=1S/C25H22O6/c1-29-19-11-10-14(12-20(19)30-15-6-2-3-7-15)18-13-21(26)31-25-22(18)23(27)16-8-4-5-9-17(16)24(25)28/h4-5,8-12,15,18H,2-3,6-7,13H2,1H3.